The van der Waals surface area contributed by atoms with Crippen molar-refractivity contribution < 1.29 is 24.0 Å². The number of urea groups is 2. The number of rotatable bonds is 13. The Morgan fingerprint density at radius 2 is 1.08 bits per heavy atom. The zero-order chi connectivity index (χ0) is 56.2. The van der Waals surface area contributed by atoms with Gasteiger partial charge in [0.25, 0.3) is 0 Å². The summed E-state index contributed by atoms with van der Waals surface area (Å²) in [6.07, 6.45) is 7.29. The summed E-state index contributed by atoms with van der Waals surface area (Å²) in [5.74, 6) is 1.21. The van der Waals surface area contributed by atoms with E-state index in [4.69, 9.17) is 0 Å². The molecule has 2 aliphatic carbocycles. The molecule has 4 atom stereocenters. The van der Waals surface area contributed by atoms with Crippen LogP contribution in [0.5, 0.6) is 0 Å². The molecule has 0 saturated heterocycles. The summed E-state index contributed by atoms with van der Waals surface area (Å²) in [7, 11) is 0. The summed E-state index contributed by atoms with van der Waals surface area (Å²) in [5.41, 5.74) is 13.6. The number of anilines is 1. The van der Waals surface area contributed by atoms with Crippen LogP contribution >= 0.6 is 0 Å². The van der Waals surface area contributed by atoms with Crippen molar-refractivity contribution >= 4 is 35.5 Å². The average Bonchev–Trinajstić information content (AvgIpc) is 4.50. The SMILES string of the molecule is CC(=O)Nc1cccc(-c2ccc(CNC(=O)C3C[C@@H]3c3ccccc3)c3c2CCN(C(=O)NC(C)(C)C)C3)c1.CC(C)Cn1cc(-c2ccc(CNC(=O)C3C[C@@H]3c3ccccc3)c3c2CCN(C(=O)NC(C)(C)C)C3)cn1. The first-order valence-corrected chi connectivity index (χ1v) is 28.2. The van der Waals surface area contributed by atoms with Crippen molar-refractivity contribution in [2.75, 3.05) is 18.4 Å². The van der Waals surface area contributed by atoms with Crippen LogP contribution in [0.4, 0.5) is 15.3 Å². The maximum atomic E-state index is 13.1. The van der Waals surface area contributed by atoms with Gasteiger partial charge in [0, 0.05) is 93.1 Å². The minimum atomic E-state index is -0.334. The molecule has 5 aromatic carbocycles. The van der Waals surface area contributed by atoms with Gasteiger partial charge in [0.2, 0.25) is 17.7 Å². The van der Waals surface area contributed by atoms with Crippen molar-refractivity contribution in [1.29, 1.82) is 0 Å². The fraction of sp³-hybridized carbons (Fsp3) is 0.415. The first-order chi connectivity index (χ1) is 37.7. The highest BCUT2D eigenvalue weighted by Gasteiger charge is 2.45. The highest BCUT2D eigenvalue weighted by molar-refractivity contribution is 5.90. The molecule has 3 heterocycles. The van der Waals surface area contributed by atoms with Gasteiger partial charge in [-0.1, -0.05) is 111 Å². The van der Waals surface area contributed by atoms with Crippen LogP contribution in [0.15, 0.2) is 122 Å². The fourth-order valence-electron chi connectivity index (χ4n) is 11.2. The second-order valence-corrected chi connectivity index (χ2v) is 24.4. The number of nitrogens with zero attached hydrogens (tertiary/aromatic N) is 4. The lowest BCUT2D eigenvalue weighted by molar-refractivity contribution is -0.123. The normalized spacial score (nSPS) is 18.3. The Morgan fingerprint density at radius 1 is 0.595 bits per heavy atom. The number of aromatic nitrogens is 2. The van der Waals surface area contributed by atoms with Gasteiger partial charge in [-0.2, -0.15) is 5.10 Å². The smallest absolute Gasteiger partial charge is 0.318 e. The van der Waals surface area contributed by atoms with Crippen LogP contribution in [-0.4, -0.2) is 73.5 Å². The second kappa shape index (κ2) is 23.7. The number of carbonyl (C=O) groups is 5. The summed E-state index contributed by atoms with van der Waals surface area (Å²) < 4.78 is 2.01. The molecule has 2 aliphatic heterocycles. The Balaban J connectivity index is 0.000000192. The quantitative estimate of drug-likeness (QED) is 0.0771. The molecule has 414 valence electrons. The van der Waals surface area contributed by atoms with E-state index < -0.39 is 0 Å². The molecule has 0 bridgehead atoms. The van der Waals surface area contributed by atoms with Gasteiger partial charge < -0.3 is 36.4 Å². The van der Waals surface area contributed by atoms with Crippen LogP contribution in [0.3, 0.4) is 0 Å². The van der Waals surface area contributed by atoms with E-state index in [0.29, 0.717) is 57.5 Å². The van der Waals surface area contributed by atoms with Gasteiger partial charge in [-0.25, -0.2) is 9.59 Å². The molecule has 1 aromatic heterocycles. The lowest BCUT2D eigenvalue weighted by Crippen LogP contribution is -2.50. The second-order valence-electron chi connectivity index (χ2n) is 24.4. The van der Waals surface area contributed by atoms with Gasteiger partial charge in [-0.15, -0.1) is 0 Å². The van der Waals surface area contributed by atoms with Gasteiger partial charge in [-0.3, -0.25) is 19.1 Å². The summed E-state index contributed by atoms with van der Waals surface area (Å²) in [4.78, 5) is 67.6. The fourth-order valence-corrected chi connectivity index (χ4v) is 11.2. The van der Waals surface area contributed by atoms with Gasteiger partial charge in [0.1, 0.15) is 0 Å². The molecule has 4 aliphatic rings. The Bertz CT molecular complexity index is 3190. The highest BCUT2D eigenvalue weighted by atomic mass is 16.2. The molecule has 5 N–H and O–H groups in total. The summed E-state index contributed by atoms with van der Waals surface area (Å²) in [6, 6.07) is 36.6. The predicted octanol–water partition coefficient (Wildman–Crippen LogP) is 11.1. The zero-order valence-electron chi connectivity index (χ0n) is 47.5. The molecule has 79 heavy (non-hydrogen) atoms. The maximum Gasteiger partial charge on any atom is 0.318 e. The number of amides is 7. The van der Waals surface area contributed by atoms with E-state index in [2.05, 4.69) is 100 Å². The van der Waals surface area contributed by atoms with Crippen LogP contribution in [0, 0.1) is 17.8 Å². The number of nitrogens with one attached hydrogen (secondary N) is 5. The van der Waals surface area contributed by atoms with Crippen molar-refractivity contribution in [3.05, 3.63) is 166 Å². The number of benzene rings is 5. The number of carbonyl (C=O) groups excluding carboxylic acids is 5. The van der Waals surface area contributed by atoms with E-state index in [1.807, 2.05) is 123 Å². The van der Waals surface area contributed by atoms with Crippen molar-refractivity contribution in [2.24, 2.45) is 17.8 Å². The van der Waals surface area contributed by atoms with Crippen LogP contribution in [0.1, 0.15) is 131 Å². The number of fused-ring (bicyclic) bond motifs is 2. The molecule has 14 nitrogen and oxygen atoms in total. The molecular formula is C65H79N9O5. The Hall–Kier alpha value is -7.74. The third-order valence-electron chi connectivity index (χ3n) is 15.2. The largest absolute Gasteiger partial charge is 0.352 e. The first-order valence-electron chi connectivity index (χ1n) is 28.2. The van der Waals surface area contributed by atoms with E-state index >= 15 is 0 Å². The molecule has 6 aromatic rings. The molecule has 0 spiro atoms. The van der Waals surface area contributed by atoms with Crippen molar-refractivity contribution in [3.63, 3.8) is 0 Å². The van der Waals surface area contributed by atoms with Crippen LogP contribution in [0.25, 0.3) is 22.3 Å². The Kier molecular flexibility index (Phi) is 16.8. The molecule has 7 amide bonds. The highest BCUT2D eigenvalue weighted by Crippen LogP contribution is 2.48. The van der Waals surface area contributed by atoms with Crippen LogP contribution < -0.4 is 26.6 Å². The Morgan fingerprint density at radius 3 is 1.53 bits per heavy atom. The van der Waals surface area contributed by atoms with E-state index in [0.717, 1.165) is 76.0 Å². The van der Waals surface area contributed by atoms with E-state index in [1.165, 1.54) is 29.2 Å². The molecule has 2 unspecified atom stereocenters. The third kappa shape index (κ3) is 14.3. The van der Waals surface area contributed by atoms with Crippen molar-refractivity contribution in [3.8, 4) is 22.3 Å². The lowest BCUT2D eigenvalue weighted by Gasteiger charge is -2.34. The third-order valence-corrected chi connectivity index (χ3v) is 15.2. The topological polar surface area (TPSA) is 170 Å². The lowest BCUT2D eigenvalue weighted by atomic mass is 9.87. The molecule has 14 heteroatoms. The molecule has 2 fully saturated rings. The van der Waals surface area contributed by atoms with Gasteiger partial charge in [0.15, 0.2) is 0 Å². The standard InChI is InChI=1S/C33H38N4O3.C32H41N5O2/c1-21(38)35-25-12-8-11-23(17-25)26-14-13-24(19-34-31(39)29-18-28(29)22-9-6-5-7-10-22)30-20-37(16-15-27(26)30)32(40)36-33(2,3)4;1-21(2)18-37-19-24(17-34-37)25-12-11-23(16-33-30(38)28-15-27(28)22-9-7-6-8-10-22)29-20-36(14-13-26(25)29)31(39)35-32(3,4)5/h5-14,17,28-29H,15-16,18-20H2,1-4H3,(H,34,39)(H,35,38)(H,36,40);6-12,17,19,21,27-28H,13-16,18,20H2,1-5H3,(H,33,38)(H,35,39)/t28-,29?;27-,28?/m11/s1. The summed E-state index contributed by atoms with van der Waals surface area (Å²) in [6.45, 7) is 21.8. The van der Waals surface area contributed by atoms with Gasteiger partial charge >= 0.3 is 12.1 Å². The number of hydrogen-bond acceptors (Lipinski definition) is 6. The van der Waals surface area contributed by atoms with E-state index in [-0.39, 0.29) is 58.6 Å². The molecular weight excluding hydrogens is 987 g/mol. The minimum absolute atomic E-state index is 0.00285. The Labute approximate surface area is 466 Å². The van der Waals surface area contributed by atoms with E-state index in [1.54, 1.807) is 0 Å². The molecule has 10 rings (SSSR count). The minimum Gasteiger partial charge on any atom is -0.352 e. The predicted molar refractivity (Wildman–Crippen MR) is 312 cm³/mol. The summed E-state index contributed by atoms with van der Waals surface area (Å²) in [5, 5.41) is 20.0. The van der Waals surface area contributed by atoms with Crippen molar-refractivity contribution in [2.45, 2.75) is 144 Å². The van der Waals surface area contributed by atoms with Gasteiger partial charge in [0.05, 0.1) is 6.20 Å². The zero-order valence-corrected chi connectivity index (χ0v) is 47.5. The van der Waals surface area contributed by atoms with Gasteiger partial charge in [-0.05, 0) is 158 Å². The average molecular weight is 1070 g/mol. The van der Waals surface area contributed by atoms with Crippen molar-refractivity contribution in [1.82, 2.24) is 40.8 Å². The maximum absolute atomic E-state index is 13.1. The van der Waals surface area contributed by atoms with Crippen LogP contribution in [-0.2, 0) is 59.9 Å². The number of hydrogen-bond donors (Lipinski definition) is 5. The van der Waals surface area contributed by atoms with E-state index in [9.17, 15) is 24.0 Å². The molecule has 0 radical (unpaired) electrons. The summed E-state index contributed by atoms with van der Waals surface area (Å²) >= 11 is 0. The monoisotopic (exact) mass is 1070 g/mol. The molecule has 2 saturated carbocycles. The first kappa shape index (κ1) is 56.0. The van der Waals surface area contributed by atoms with Crippen LogP contribution in [0.2, 0.25) is 0 Å².